The van der Waals surface area contributed by atoms with Crippen LogP contribution < -0.4 is 0 Å². The van der Waals surface area contributed by atoms with Gasteiger partial charge in [-0.2, -0.15) is 0 Å². The summed E-state index contributed by atoms with van der Waals surface area (Å²) in [6.45, 7) is 32.7. The molecule has 12 heteroatoms. The van der Waals surface area contributed by atoms with Gasteiger partial charge in [-0.25, -0.2) is 0 Å². The highest BCUT2D eigenvalue weighted by atomic mass is 16.7. The molecule has 6 aliphatic heterocycles. The van der Waals surface area contributed by atoms with Gasteiger partial charge in [0.15, 0.2) is 37.7 Å². The number of hydrogen-bond donors (Lipinski definition) is 0. The van der Waals surface area contributed by atoms with E-state index in [2.05, 4.69) is 83.1 Å². The second-order valence-electron chi connectivity index (χ2n) is 38.4. The topological polar surface area (TPSA) is 111 Å². The molecule has 0 spiro atoms. The standard InChI is InChI=1S/C20H38O2.C18H34O2.C17H32O2.C16H30O2.C15H28O2.C14H26O2/c1-3-5-6-7-8-10-19-15-16-21-20(22-19)18-13-11-17(9-4-2)12-14-18;1-3-5-6-8-17-13-14-19-18(20-17)16-11-9-15(7-4-2)10-12-16;1-3-5-7-16-12-13-18-17(19-16)15-10-8-14(6-4-2)9-11-15;1-3-5-13-7-9-14(10-8-13)16-17-12-11-15(18-16)6-4-2;1-3-5-12-6-8-13(9-7-12)15-16-11-10-14(4-2)17-15;1-3-4-12-5-7-13(8-6-12)14-15-10-9-11(2)16-14/h17-20H,3-16H2,1-2H3;15-18H,3-14H2,1-2H3;14-17H,3-13H2,1-2H3;13-16H,3-12H2,1-2H3;12-15H,3-11H2,1-2H3;11-14H,3-10H2,1-2H3. The van der Waals surface area contributed by atoms with Gasteiger partial charge in [0.1, 0.15) is 0 Å². The minimum Gasteiger partial charge on any atom is -0.352 e. The lowest BCUT2D eigenvalue weighted by Gasteiger charge is -2.38. The van der Waals surface area contributed by atoms with Crippen LogP contribution in [0.4, 0.5) is 0 Å². The molecule has 660 valence electrons. The average Bonchev–Trinajstić information content (AvgIpc) is 0.890. The van der Waals surface area contributed by atoms with Crippen molar-refractivity contribution in [1.29, 1.82) is 0 Å². The smallest absolute Gasteiger partial charge is 0.160 e. The third kappa shape index (κ3) is 38.7. The Hall–Kier alpha value is -0.480. The van der Waals surface area contributed by atoms with E-state index in [1.165, 1.54) is 327 Å². The summed E-state index contributed by atoms with van der Waals surface area (Å²) in [6, 6.07) is 0. The second-order valence-corrected chi connectivity index (χ2v) is 38.4. The van der Waals surface area contributed by atoms with Crippen molar-refractivity contribution in [3.8, 4) is 0 Å². The minimum atomic E-state index is 0.103. The van der Waals surface area contributed by atoms with Crippen LogP contribution >= 0.6 is 0 Å². The number of rotatable bonds is 34. The van der Waals surface area contributed by atoms with Gasteiger partial charge in [0, 0.05) is 35.5 Å². The Bertz CT molecular complexity index is 2140. The van der Waals surface area contributed by atoms with Crippen molar-refractivity contribution >= 4 is 0 Å². The zero-order chi connectivity index (χ0) is 79.6. The fourth-order valence-corrected chi connectivity index (χ4v) is 21.7. The third-order valence-electron chi connectivity index (χ3n) is 29.0. The molecule has 12 rings (SSSR count). The lowest BCUT2D eigenvalue weighted by molar-refractivity contribution is -0.241. The van der Waals surface area contributed by atoms with Crippen LogP contribution in [0.2, 0.25) is 0 Å². The number of hydrogen-bond acceptors (Lipinski definition) is 12. The zero-order valence-electron chi connectivity index (χ0n) is 76.0. The fraction of sp³-hybridized carbons (Fsp3) is 1.00. The third-order valence-corrected chi connectivity index (χ3v) is 29.0. The maximum absolute atomic E-state index is 6.31. The Morgan fingerprint density at radius 1 is 0.179 bits per heavy atom. The van der Waals surface area contributed by atoms with Gasteiger partial charge in [0.05, 0.1) is 76.3 Å². The van der Waals surface area contributed by atoms with Crippen molar-refractivity contribution < 1.29 is 56.8 Å². The minimum absolute atomic E-state index is 0.103. The average molecular weight is 1580 g/mol. The van der Waals surface area contributed by atoms with Gasteiger partial charge in [0.25, 0.3) is 0 Å². The molecular formula is C100H188O12. The van der Waals surface area contributed by atoms with Crippen molar-refractivity contribution in [2.24, 2.45) is 71.0 Å². The maximum atomic E-state index is 6.31. The monoisotopic (exact) mass is 1580 g/mol. The van der Waals surface area contributed by atoms with E-state index in [0.29, 0.717) is 72.1 Å². The SMILES string of the molecule is CCCC1CCC(C2OCCC(C)O2)CC1.CCCC1CCC(C2OCCC(CC)O2)CC1.CCCC1CCC(C2OCCC(CCC)O2)CC1.CCCCC1CCOC(C2CCC(CCC)CC2)O1.CCCCCC1CCOC(C2CCC(CCC)CC2)O1.CCCCCCCC1CCOC(C2CCC(CCC)CC2)O1. The van der Waals surface area contributed by atoms with Gasteiger partial charge < -0.3 is 56.8 Å². The van der Waals surface area contributed by atoms with Gasteiger partial charge in [0.2, 0.25) is 0 Å². The first-order chi connectivity index (χ1) is 54.9. The molecule has 12 fully saturated rings. The lowest BCUT2D eigenvalue weighted by atomic mass is 9.79. The molecule has 112 heavy (non-hydrogen) atoms. The van der Waals surface area contributed by atoms with Gasteiger partial charge in [-0.1, -0.05) is 224 Å². The molecule has 0 aromatic heterocycles. The number of ether oxygens (including phenoxy) is 12. The Labute approximate surface area is 693 Å². The van der Waals surface area contributed by atoms with Crippen LogP contribution in [0.3, 0.4) is 0 Å². The lowest BCUT2D eigenvalue weighted by Crippen LogP contribution is -2.38. The largest absolute Gasteiger partial charge is 0.352 e. The van der Waals surface area contributed by atoms with Gasteiger partial charge in [-0.15, -0.1) is 0 Å². The molecule has 0 amide bonds. The molecular weight excluding hydrogens is 1390 g/mol. The van der Waals surface area contributed by atoms with E-state index in [9.17, 15) is 0 Å². The molecule has 6 saturated heterocycles. The fourth-order valence-electron chi connectivity index (χ4n) is 21.7. The Balaban J connectivity index is 0.000000187. The molecule has 0 bridgehead atoms. The Kier molecular flexibility index (Phi) is 53.6. The van der Waals surface area contributed by atoms with Gasteiger partial charge in [-0.05, 0) is 267 Å². The second kappa shape index (κ2) is 60.9. The predicted octanol–water partition coefficient (Wildman–Crippen LogP) is 28.7. The van der Waals surface area contributed by atoms with E-state index in [1.807, 2.05) is 0 Å². The summed E-state index contributed by atoms with van der Waals surface area (Å²) in [5.74, 6) is 9.82. The van der Waals surface area contributed by atoms with E-state index in [4.69, 9.17) is 56.8 Å². The molecule has 12 unspecified atom stereocenters. The molecule has 12 aliphatic rings. The van der Waals surface area contributed by atoms with Crippen molar-refractivity contribution in [3.05, 3.63) is 0 Å². The summed E-state index contributed by atoms with van der Waals surface area (Å²) in [6.07, 6.45) is 79.4. The van der Waals surface area contributed by atoms with E-state index >= 15 is 0 Å². The molecule has 6 aliphatic carbocycles. The van der Waals surface area contributed by atoms with E-state index < -0.39 is 0 Å². The van der Waals surface area contributed by atoms with Crippen molar-refractivity contribution in [1.82, 2.24) is 0 Å². The van der Waals surface area contributed by atoms with Crippen molar-refractivity contribution in [2.45, 2.75) is 530 Å². The van der Waals surface area contributed by atoms with Crippen LogP contribution in [0.25, 0.3) is 0 Å². The van der Waals surface area contributed by atoms with Crippen molar-refractivity contribution in [2.75, 3.05) is 39.6 Å². The highest BCUT2D eigenvalue weighted by molar-refractivity contribution is 4.84. The summed E-state index contributed by atoms with van der Waals surface area (Å²) in [5.41, 5.74) is 0. The maximum Gasteiger partial charge on any atom is 0.160 e. The van der Waals surface area contributed by atoms with Crippen LogP contribution in [0.15, 0.2) is 0 Å². The normalized spacial score (nSPS) is 36.8. The molecule has 12 atom stereocenters. The van der Waals surface area contributed by atoms with E-state index in [0.717, 1.165) is 120 Å². The first-order valence-electron chi connectivity index (χ1n) is 50.6. The molecule has 6 heterocycles. The molecule has 0 aromatic rings. The molecule has 0 N–H and O–H groups in total. The van der Waals surface area contributed by atoms with Crippen LogP contribution in [-0.2, 0) is 56.8 Å². The molecule has 0 radical (unpaired) electrons. The van der Waals surface area contributed by atoms with Crippen LogP contribution in [0, 0.1) is 71.0 Å². The van der Waals surface area contributed by atoms with Crippen LogP contribution in [-0.4, -0.2) is 114 Å². The van der Waals surface area contributed by atoms with Crippen LogP contribution in [0.5, 0.6) is 0 Å². The summed E-state index contributed by atoms with van der Waals surface area (Å²) in [4.78, 5) is 0. The predicted molar refractivity (Wildman–Crippen MR) is 465 cm³/mol. The first kappa shape index (κ1) is 98.6. The van der Waals surface area contributed by atoms with E-state index in [1.54, 1.807) is 0 Å². The van der Waals surface area contributed by atoms with Gasteiger partial charge in [-0.3, -0.25) is 0 Å². The molecule has 12 nitrogen and oxygen atoms in total. The summed E-state index contributed by atoms with van der Waals surface area (Å²) < 4.78 is 72.1. The quantitative estimate of drug-likeness (QED) is 0.0572. The van der Waals surface area contributed by atoms with Crippen molar-refractivity contribution in [3.63, 3.8) is 0 Å². The van der Waals surface area contributed by atoms with Gasteiger partial charge >= 0.3 is 0 Å². The summed E-state index contributed by atoms with van der Waals surface area (Å²) in [5, 5.41) is 0. The molecule has 0 aromatic carbocycles. The van der Waals surface area contributed by atoms with Crippen LogP contribution in [0.1, 0.15) is 455 Å². The Morgan fingerprint density at radius 2 is 0.393 bits per heavy atom. The Morgan fingerprint density at radius 3 is 0.652 bits per heavy atom. The molecule has 6 saturated carbocycles. The summed E-state index contributed by atoms with van der Waals surface area (Å²) in [7, 11) is 0. The van der Waals surface area contributed by atoms with E-state index in [-0.39, 0.29) is 37.7 Å². The first-order valence-corrected chi connectivity index (χ1v) is 50.6. The highest BCUT2D eigenvalue weighted by Gasteiger charge is 2.39. The zero-order valence-corrected chi connectivity index (χ0v) is 76.0. The summed E-state index contributed by atoms with van der Waals surface area (Å²) >= 11 is 0. The number of unbranched alkanes of at least 4 members (excludes halogenated alkanes) is 7. The highest BCUT2D eigenvalue weighted by Crippen LogP contribution is 2.43.